The molecule has 6 nitrogen and oxygen atoms in total. The van der Waals surface area contributed by atoms with Gasteiger partial charge in [-0.1, -0.05) is 64.5 Å². The Balaban J connectivity index is 1.08. The number of hydrogen-bond donors (Lipinski definition) is 1. The van der Waals surface area contributed by atoms with Crippen molar-refractivity contribution in [1.29, 1.82) is 0 Å². The molecule has 1 fully saturated rings. The molecular weight excluding hydrogens is 639 g/mol. The zero-order valence-electron chi connectivity index (χ0n) is 22.0. The molecular formula is C33H23BrCl2N2O4. The maximum atomic E-state index is 13.9. The SMILES string of the molecule is O=C(CCN1C(=O)[C@@H]2[C@@H](C1=O)C1(Cl)c3ccccc3C2(Cl)c2ccccc21)Nc1ccc(Oc2ccc(Br)cc2)cc1. The van der Waals surface area contributed by atoms with Crippen LogP contribution in [-0.4, -0.2) is 29.2 Å². The Morgan fingerprint density at radius 3 is 1.62 bits per heavy atom. The van der Waals surface area contributed by atoms with Gasteiger partial charge in [0.05, 0.1) is 11.8 Å². The summed E-state index contributed by atoms with van der Waals surface area (Å²) in [5.41, 5.74) is 3.55. The number of amides is 3. The number of anilines is 1. The fourth-order valence-electron chi connectivity index (χ4n) is 6.63. The van der Waals surface area contributed by atoms with E-state index in [2.05, 4.69) is 21.2 Å². The van der Waals surface area contributed by atoms with Crippen LogP contribution < -0.4 is 10.1 Å². The van der Waals surface area contributed by atoms with Crippen molar-refractivity contribution in [1.82, 2.24) is 4.90 Å². The summed E-state index contributed by atoms with van der Waals surface area (Å²) in [6.45, 7) is -0.0755. The molecule has 210 valence electrons. The smallest absolute Gasteiger partial charge is 0.235 e. The van der Waals surface area contributed by atoms with Gasteiger partial charge in [0, 0.05) is 23.1 Å². The van der Waals surface area contributed by atoms with Crippen molar-refractivity contribution in [2.75, 3.05) is 11.9 Å². The third-order valence-electron chi connectivity index (χ3n) is 8.43. The van der Waals surface area contributed by atoms with Crippen molar-refractivity contribution in [3.8, 4) is 11.5 Å². The van der Waals surface area contributed by atoms with Crippen LogP contribution in [0.1, 0.15) is 28.7 Å². The highest BCUT2D eigenvalue weighted by molar-refractivity contribution is 9.10. The van der Waals surface area contributed by atoms with Crippen molar-refractivity contribution < 1.29 is 19.1 Å². The number of benzene rings is 4. The largest absolute Gasteiger partial charge is 0.457 e. The summed E-state index contributed by atoms with van der Waals surface area (Å²) in [5, 5.41) is 2.83. The summed E-state index contributed by atoms with van der Waals surface area (Å²) >= 11 is 18.3. The zero-order valence-corrected chi connectivity index (χ0v) is 25.1. The number of nitrogens with zero attached hydrogens (tertiary/aromatic N) is 1. The first kappa shape index (κ1) is 27.2. The average molecular weight is 662 g/mol. The van der Waals surface area contributed by atoms with Gasteiger partial charge in [-0.3, -0.25) is 19.3 Å². The van der Waals surface area contributed by atoms with Crippen LogP contribution in [0.25, 0.3) is 0 Å². The maximum absolute atomic E-state index is 13.9. The third-order valence-corrected chi connectivity index (χ3v) is 10.2. The highest BCUT2D eigenvalue weighted by Crippen LogP contribution is 2.69. The van der Waals surface area contributed by atoms with E-state index in [0.717, 1.165) is 31.6 Å². The van der Waals surface area contributed by atoms with Crippen LogP contribution in [0.15, 0.2) is 102 Å². The van der Waals surface area contributed by atoms with E-state index in [9.17, 15) is 14.4 Å². The topological polar surface area (TPSA) is 75.7 Å². The van der Waals surface area contributed by atoms with Gasteiger partial charge in [-0.25, -0.2) is 0 Å². The van der Waals surface area contributed by atoms with Crippen molar-refractivity contribution in [3.05, 3.63) is 124 Å². The molecule has 4 aliphatic rings. The van der Waals surface area contributed by atoms with E-state index in [-0.39, 0.29) is 18.9 Å². The zero-order chi connectivity index (χ0) is 29.2. The van der Waals surface area contributed by atoms with Crippen LogP contribution in [0, 0.1) is 11.8 Å². The van der Waals surface area contributed by atoms with E-state index in [4.69, 9.17) is 27.9 Å². The van der Waals surface area contributed by atoms with Crippen LogP contribution in [0.3, 0.4) is 0 Å². The van der Waals surface area contributed by atoms with Gasteiger partial charge in [-0.05, 0) is 70.8 Å². The van der Waals surface area contributed by atoms with Crippen molar-refractivity contribution in [3.63, 3.8) is 0 Å². The molecule has 0 unspecified atom stereocenters. The van der Waals surface area contributed by atoms with E-state index >= 15 is 0 Å². The van der Waals surface area contributed by atoms with Crippen LogP contribution in [0.2, 0.25) is 0 Å². The maximum Gasteiger partial charge on any atom is 0.235 e. The lowest BCUT2D eigenvalue weighted by molar-refractivity contribution is -0.140. The van der Waals surface area contributed by atoms with Gasteiger partial charge in [0.25, 0.3) is 0 Å². The first-order valence-electron chi connectivity index (χ1n) is 13.5. The lowest BCUT2D eigenvalue weighted by atomic mass is 9.54. The quantitative estimate of drug-likeness (QED) is 0.176. The molecule has 1 aliphatic heterocycles. The molecule has 4 aromatic carbocycles. The molecule has 4 aromatic rings. The molecule has 0 radical (unpaired) electrons. The van der Waals surface area contributed by atoms with E-state index in [1.807, 2.05) is 72.8 Å². The summed E-state index contributed by atoms with van der Waals surface area (Å²) in [5.74, 6) is -1.60. The van der Waals surface area contributed by atoms with Gasteiger partial charge < -0.3 is 10.1 Å². The molecule has 0 spiro atoms. The lowest BCUT2D eigenvalue weighted by Crippen LogP contribution is -2.57. The predicted octanol–water partition coefficient (Wildman–Crippen LogP) is 7.16. The number of nitrogens with one attached hydrogen (secondary N) is 1. The van der Waals surface area contributed by atoms with Gasteiger partial charge in [-0.2, -0.15) is 0 Å². The standard InChI is InChI=1S/C33H23BrCl2N2O4/c34-19-9-13-21(14-10-19)42-22-15-11-20(12-16-22)37-27(39)17-18-38-30(40)28-29(31(38)41)33(36)24-6-2-1-5-23(24)32(28,35)25-7-3-4-8-26(25)33/h1-16,28-29H,17-18H2,(H,37,39)/t28-,29-,32?,33?/m0/s1. The van der Waals surface area contributed by atoms with Crippen LogP contribution in [0.4, 0.5) is 5.69 Å². The first-order valence-corrected chi connectivity index (χ1v) is 15.0. The highest BCUT2D eigenvalue weighted by Gasteiger charge is 2.72. The Morgan fingerprint density at radius 1 is 0.738 bits per heavy atom. The van der Waals surface area contributed by atoms with Crippen LogP contribution in [-0.2, 0) is 24.1 Å². The van der Waals surface area contributed by atoms with E-state index in [0.29, 0.717) is 17.2 Å². The Morgan fingerprint density at radius 2 is 1.17 bits per heavy atom. The molecule has 2 bridgehead atoms. The lowest BCUT2D eigenvalue weighted by Gasteiger charge is -2.54. The predicted molar refractivity (Wildman–Crippen MR) is 164 cm³/mol. The minimum absolute atomic E-state index is 0.0709. The Hall–Kier alpha value is -3.65. The Labute approximate surface area is 260 Å². The summed E-state index contributed by atoms with van der Waals surface area (Å²) in [6, 6.07) is 29.4. The molecule has 0 aromatic heterocycles. The fraction of sp³-hybridized carbons (Fsp3) is 0.182. The summed E-state index contributed by atoms with van der Waals surface area (Å²) < 4.78 is 6.78. The normalized spacial score (nSPS) is 25.1. The molecule has 1 N–H and O–H groups in total. The number of ether oxygens (including phenoxy) is 1. The van der Waals surface area contributed by atoms with Gasteiger partial charge in [0.1, 0.15) is 21.2 Å². The summed E-state index contributed by atoms with van der Waals surface area (Å²) in [6.07, 6.45) is -0.0709. The molecule has 3 aliphatic carbocycles. The van der Waals surface area contributed by atoms with Crippen molar-refractivity contribution in [2.24, 2.45) is 11.8 Å². The average Bonchev–Trinajstić information content (AvgIpc) is 3.27. The Kier molecular flexibility index (Phi) is 6.46. The van der Waals surface area contributed by atoms with Crippen molar-refractivity contribution >= 4 is 62.5 Å². The van der Waals surface area contributed by atoms with E-state index < -0.39 is 33.4 Å². The minimum atomic E-state index is -1.24. The molecule has 0 saturated carbocycles. The molecule has 3 amide bonds. The Bertz CT molecular complexity index is 1640. The van der Waals surface area contributed by atoms with Crippen LogP contribution in [0.5, 0.6) is 11.5 Å². The second-order valence-corrected chi connectivity index (χ2v) is 12.8. The number of carbonyl (C=O) groups is 3. The molecule has 2 atom stereocenters. The molecule has 42 heavy (non-hydrogen) atoms. The number of alkyl halides is 2. The molecule has 1 saturated heterocycles. The molecule has 9 heteroatoms. The van der Waals surface area contributed by atoms with Gasteiger partial charge in [0.2, 0.25) is 17.7 Å². The second-order valence-electron chi connectivity index (χ2n) is 10.7. The highest BCUT2D eigenvalue weighted by atomic mass is 79.9. The number of carbonyl (C=O) groups excluding carboxylic acids is 3. The van der Waals surface area contributed by atoms with Gasteiger partial charge in [0.15, 0.2) is 0 Å². The summed E-state index contributed by atoms with van der Waals surface area (Å²) in [7, 11) is 0. The monoisotopic (exact) mass is 660 g/mol. The molecule has 8 rings (SSSR count). The second kappa shape index (κ2) is 9.97. The molecule has 1 heterocycles. The van der Waals surface area contributed by atoms with Crippen molar-refractivity contribution in [2.45, 2.75) is 16.2 Å². The van der Waals surface area contributed by atoms with Gasteiger partial charge in [-0.15, -0.1) is 23.2 Å². The number of imide groups is 1. The minimum Gasteiger partial charge on any atom is -0.457 e. The van der Waals surface area contributed by atoms with Crippen LogP contribution >= 0.6 is 39.1 Å². The number of likely N-dealkylation sites (tertiary alicyclic amines) is 1. The fourth-order valence-corrected chi connectivity index (χ4v) is 7.99. The number of halogens is 3. The third kappa shape index (κ3) is 3.94. The van der Waals surface area contributed by atoms with E-state index in [1.165, 1.54) is 0 Å². The number of hydrogen-bond acceptors (Lipinski definition) is 4. The van der Waals surface area contributed by atoms with E-state index in [1.54, 1.807) is 24.3 Å². The number of rotatable bonds is 6. The summed E-state index contributed by atoms with van der Waals surface area (Å²) in [4.78, 5) is 39.4. The first-order chi connectivity index (χ1) is 20.2. The van der Waals surface area contributed by atoms with Gasteiger partial charge >= 0.3 is 0 Å².